The molecule has 1 aromatic rings. The standard InChI is InChI=1S/C21H27N3O4/c25-13-12-24-19(26)14-18(21(24)28)23-17-11-7-6-10-16(17)20(27)22-15-8-4-2-1-3-5-9-15/h6-7,10-11,14-15,23,25H,1-5,8-9,12-13H2,(H,22,27). The summed E-state index contributed by atoms with van der Waals surface area (Å²) >= 11 is 0. The zero-order valence-corrected chi connectivity index (χ0v) is 15.9. The van der Waals surface area contributed by atoms with Crippen LogP contribution < -0.4 is 10.6 Å². The number of imide groups is 1. The van der Waals surface area contributed by atoms with Gasteiger partial charge in [0.05, 0.1) is 24.4 Å². The molecule has 1 saturated carbocycles. The van der Waals surface area contributed by atoms with Gasteiger partial charge < -0.3 is 15.7 Å². The number of anilines is 1. The maximum Gasteiger partial charge on any atom is 0.277 e. The van der Waals surface area contributed by atoms with Crippen LogP contribution in [0, 0.1) is 0 Å². The average molecular weight is 385 g/mol. The molecule has 7 nitrogen and oxygen atoms in total. The van der Waals surface area contributed by atoms with Crippen molar-refractivity contribution in [2.24, 2.45) is 0 Å². The number of amides is 3. The molecular weight excluding hydrogens is 358 g/mol. The molecule has 0 atom stereocenters. The van der Waals surface area contributed by atoms with Crippen molar-refractivity contribution in [2.75, 3.05) is 18.5 Å². The molecule has 1 aromatic carbocycles. The van der Waals surface area contributed by atoms with Crippen LogP contribution in [0.5, 0.6) is 0 Å². The largest absolute Gasteiger partial charge is 0.395 e. The predicted octanol–water partition coefficient (Wildman–Crippen LogP) is 2.19. The van der Waals surface area contributed by atoms with E-state index < -0.39 is 11.8 Å². The molecule has 3 rings (SSSR count). The Morgan fingerprint density at radius 2 is 1.75 bits per heavy atom. The highest BCUT2D eigenvalue weighted by molar-refractivity contribution is 6.17. The fourth-order valence-corrected chi connectivity index (χ4v) is 3.71. The van der Waals surface area contributed by atoms with E-state index in [-0.39, 0.29) is 30.8 Å². The summed E-state index contributed by atoms with van der Waals surface area (Å²) in [5.41, 5.74) is 1.01. The normalized spacial score (nSPS) is 18.5. The molecule has 1 aliphatic heterocycles. The van der Waals surface area contributed by atoms with E-state index in [0.29, 0.717) is 11.3 Å². The number of para-hydroxylation sites is 1. The molecule has 0 aromatic heterocycles. The number of hydrogen-bond acceptors (Lipinski definition) is 5. The molecule has 1 aliphatic carbocycles. The molecule has 0 unspecified atom stereocenters. The van der Waals surface area contributed by atoms with E-state index in [2.05, 4.69) is 10.6 Å². The minimum Gasteiger partial charge on any atom is -0.395 e. The van der Waals surface area contributed by atoms with Gasteiger partial charge in [0.2, 0.25) is 0 Å². The minimum atomic E-state index is -0.505. The number of aliphatic hydroxyl groups excluding tert-OH is 1. The number of nitrogens with one attached hydrogen (secondary N) is 2. The number of carbonyl (C=O) groups excluding carboxylic acids is 3. The van der Waals surface area contributed by atoms with Crippen LogP contribution in [-0.2, 0) is 9.59 Å². The lowest BCUT2D eigenvalue weighted by atomic mass is 9.96. The second-order valence-electron chi connectivity index (χ2n) is 7.26. The Labute approximate surface area is 164 Å². The summed E-state index contributed by atoms with van der Waals surface area (Å²) in [6, 6.07) is 7.11. The van der Waals surface area contributed by atoms with Crippen molar-refractivity contribution in [1.29, 1.82) is 0 Å². The fraction of sp³-hybridized carbons (Fsp3) is 0.476. The van der Waals surface area contributed by atoms with Crippen LogP contribution in [0.2, 0.25) is 0 Å². The van der Waals surface area contributed by atoms with Gasteiger partial charge in [-0.1, -0.05) is 44.2 Å². The molecule has 3 amide bonds. The molecule has 1 fully saturated rings. The first kappa shape index (κ1) is 20.1. The second kappa shape index (κ2) is 9.50. The first-order chi connectivity index (χ1) is 13.6. The summed E-state index contributed by atoms with van der Waals surface area (Å²) in [5, 5.41) is 15.1. The van der Waals surface area contributed by atoms with E-state index in [1.165, 1.54) is 25.3 Å². The van der Waals surface area contributed by atoms with Crippen LogP contribution in [0.1, 0.15) is 55.3 Å². The number of hydrogen-bond donors (Lipinski definition) is 3. The highest BCUT2D eigenvalue weighted by Crippen LogP contribution is 2.22. The maximum absolute atomic E-state index is 12.9. The summed E-state index contributed by atoms with van der Waals surface area (Å²) in [6.45, 7) is -0.345. The van der Waals surface area contributed by atoms with Gasteiger partial charge >= 0.3 is 0 Å². The van der Waals surface area contributed by atoms with Gasteiger partial charge in [-0.2, -0.15) is 0 Å². The first-order valence-corrected chi connectivity index (χ1v) is 9.95. The highest BCUT2D eigenvalue weighted by atomic mass is 16.3. The van der Waals surface area contributed by atoms with Crippen LogP contribution in [0.4, 0.5) is 5.69 Å². The summed E-state index contributed by atoms with van der Waals surface area (Å²) in [6.07, 6.45) is 9.08. The van der Waals surface area contributed by atoms with Crippen molar-refractivity contribution in [3.8, 4) is 0 Å². The zero-order valence-electron chi connectivity index (χ0n) is 15.9. The quantitative estimate of drug-likeness (QED) is 0.652. The number of rotatable bonds is 6. The SMILES string of the molecule is O=C(NC1CCCCCCC1)c1ccccc1NC1=CC(=O)N(CCO)C1=O. The van der Waals surface area contributed by atoms with E-state index in [9.17, 15) is 14.4 Å². The lowest BCUT2D eigenvalue weighted by molar-refractivity contribution is -0.137. The first-order valence-electron chi connectivity index (χ1n) is 9.95. The van der Waals surface area contributed by atoms with Crippen molar-refractivity contribution >= 4 is 23.4 Å². The van der Waals surface area contributed by atoms with E-state index in [1.54, 1.807) is 24.3 Å². The number of β-amino-alcohol motifs (C(OH)–C–C–N with tert-alkyl or cyclic N) is 1. The van der Waals surface area contributed by atoms with Crippen LogP contribution in [0.15, 0.2) is 36.0 Å². The van der Waals surface area contributed by atoms with Gasteiger partial charge in [0, 0.05) is 12.1 Å². The van der Waals surface area contributed by atoms with Gasteiger partial charge in [0.15, 0.2) is 0 Å². The Kier molecular flexibility index (Phi) is 6.81. The van der Waals surface area contributed by atoms with Crippen molar-refractivity contribution in [3.05, 3.63) is 41.6 Å². The monoisotopic (exact) mass is 385 g/mol. The summed E-state index contributed by atoms with van der Waals surface area (Å²) in [7, 11) is 0. The summed E-state index contributed by atoms with van der Waals surface area (Å²) in [5.74, 6) is -1.16. The lowest BCUT2D eigenvalue weighted by Crippen LogP contribution is -2.36. The highest BCUT2D eigenvalue weighted by Gasteiger charge is 2.31. The molecule has 2 aliphatic rings. The van der Waals surface area contributed by atoms with Crippen LogP contribution in [0.25, 0.3) is 0 Å². The molecule has 7 heteroatoms. The molecule has 3 N–H and O–H groups in total. The number of nitrogens with zero attached hydrogens (tertiary/aromatic N) is 1. The maximum atomic E-state index is 12.9. The molecule has 0 spiro atoms. The van der Waals surface area contributed by atoms with Gasteiger partial charge in [-0.3, -0.25) is 19.3 Å². The Morgan fingerprint density at radius 3 is 2.46 bits per heavy atom. The molecule has 150 valence electrons. The van der Waals surface area contributed by atoms with Crippen molar-refractivity contribution in [2.45, 2.75) is 51.0 Å². The molecular formula is C21H27N3O4. The van der Waals surface area contributed by atoms with Crippen LogP contribution >= 0.6 is 0 Å². The van der Waals surface area contributed by atoms with Crippen molar-refractivity contribution in [1.82, 2.24) is 10.2 Å². The van der Waals surface area contributed by atoms with Crippen LogP contribution in [-0.4, -0.2) is 46.9 Å². The predicted molar refractivity (Wildman–Crippen MR) is 106 cm³/mol. The third-order valence-corrected chi connectivity index (χ3v) is 5.21. The molecule has 1 heterocycles. The third kappa shape index (κ3) is 4.78. The number of carbonyl (C=O) groups is 3. The molecule has 28 heavy (non-hydrogen) atoms. The lowest BCUT2D eigenvalue weighted by Gasteiger charge is -2.22. The second-order valence-corrected chi connectivity index (χ2v) is 7.26. The van der Waals surface area contributed by atoms with Crippen molar-refractivity contribution < 1.29 is 19.5 Å². The molecule has 0 radical (unpaired) electrons. The average Bonchev–Trinajstić information content (AvgIpc) is 2.92. The number of benzene rings is 1. The van der Waals surface area contributed by atoms with Gasteiger partial charge in [-0.05, 0) is 25.0 Å². The van der Waals surface area contributed by atoms with E-state index in [1.807, 2.05) is 0 Å². The molecule has 0 bridgehead atoms. The Bertz CT molecular complexity index is 767. The smallest absolute Gasteiger partial charge is 0.277 e. The van der Waals surface area contributed by atoms with Gasteiger partial charge in [-0.15, -0.1) is 0 Å². The Morgan fingerprint density at radius 1 is 1.07 bits per heavy atom. The van der Waals surface area contributed by atoms with Gasteiger partial charge in [-0.25, -0.2) is 0 Å². The fourth-order valence-electron chi connectivity index (χ4n) is 3.71. The molecule has 0 saturated heterocycles. The Hall–Kier alpha value is -2.67. The Balaban J connectivity index is 1.70. The van der Waals surface area contributed by atoms with Crippen LogP contribution in [0.3, 0.4) is 0 Å². The third-order valence-electron chi connectivity index (χ3n) is 5.21. The summed E-state index contributed by atoms with van der Waals surface area (Å²) < 4.78 is 0. The zero-order chi connectivity index (χ0) is 19.9. The van der Waals surface area contributed by atoms with E-state index in [0.717, 1.165) is 30.6 Å². The van der Waals surface area contributed by atoms with Gasteiger partial charge in [0.25, 0.3) is 17.7 Å². The van der Waals surface area contributed by atoms with E-state index in [4.69, 9.17) is 5.11 Å². The topological polar surface area (TPSA) is 98.7 Å². The minimum absolute atomic E-state index is 0.0524. The van der Waals surface area contributed by atoms with Gasteiger partial charge in [0.1, 0.15) is 5.70 Å². The van der Waals surface area contributed by atoms with Crippen molar-refractivity contribution in [3.63, 3.8) is 0 Å². The summed E-state index contributed by atoms with van der Waals surface area (Å²) in [4.78, 5) is 38.1. The van der Waals surface area contributed by atoms with E-state index >= 15 is 0 Å². The number of aliphatic hydroxyl groups is 1.